The second-order valence-electron chi connectivity index (χ2n) is 6.08. The van der Waals surface area contributed by atoms with Crippen LogP contribution in [-0.4, -0.2) is 27.9 Å². The Hall–Kier alpha value is -2.37. The van der Waals surface area contributed by atoms with Crippen molar-refractivity contribution in [2.75, 3.05) is 7.05 Å². The standard InChI is InChI=1S/C20H19ClN2O2S/c1-23(13-19-22-8-9-26-19)20(25)12-18(14-4-2-6-16(21)10-14)15-5-3-7-17(24)11-15/h2-11,18,24H,12-13H2,1H3/t18-/m0/s1. The van der Waals surface area contributed by atoms with Crippen LogP contribution in [0.25, 0.3) is 0 Å². The molecule has 3 aromatic rings. The maximum atomic E-state index is 12.8. The Morgan fingerprint density at radius 2 is 1.96 bits per heavy atom. The van der Waals surface area contributed by atoms with Gasteiger partial charge in [-0.15, -0.1) is 11.3 Å². The van der Waals surface area contributed by atoms with Crippen LogP contribution in [0.3, 0.4) is 0 Å². The highest BCUT2D eigenvalue weighted by Gasteiger charge is 2.21. The van der Waals surface area contributed by atoms with Gasteiger partial charge in [-0.05, 0) is 35.4 Å². The molecule has 0 bridgehead atoms. The first-order chi connectivity index (χ1) is 12.5. The van der Waals surface area contributed by atoms with Gasteiger partial charge in [0.15, 0.2) is 0 Å². The zero-order valence-electron chi connectivity index (χ0n) is 14.3. The van der Waals surface area contributed by atoms with E-state index in [1.54, 1.807) is 42.4 Å². The van der Waals surface area contributed by atoms with Crippen LogP contribution in [0.15, 0.2) is 60.1 Å². The Balaban J connectivity index is 1.84. The normalized spacial score (nSPS) is 11.9. The maximum Gasteiger partial charge on any atom is 0.223 e. The molecular formula is C20H19ClN2O2S. The summed E-state index contributed by atoms with van der Waals surface area (Å²) >= 11 is 7.68. The number of rotatable bonds is 6. The van der Waals surface area contributed by atoms with Crippen LogP contribution in [0.5, 0.6) is 5.75 Å². The molecule has 0 fully saturated rings. The fraction of sp³-hybridized carbons (Fsp3) is 0.200. The number of aromatic nitrogens is 1. The molecule has 0 aliphatic rings. The molecule has 26 heavy (non-hydrogen) atoms. The number of phenols is 1. The summed E-state index contributed by atoms with van der Waals surface area (Å²) in [7, 11) is 1.78. The molecule has 1 N–H and O–H groups in total. The van der Waals surface area contributed by atoms with Crippen molar-refractivity contribution < 1.29 is 9.90 Å². The zero-order chi connectivity index (χ0) is 18.5. The molecule has 0 aliphatic heterocycles. The molecule has 134 valence electrons. The highest BCUT2D eigenvalue weighted by atomic mass is 35.5. The lowest BCUT2D eigenvalue weighted by atomic mass is 9.88. The van der Waals surface area contributed by atoms with Crippen molar-refractivity contribution in [2.45, 2.75) is 18.9 Å². The number of hydrogen-bond acceptors (Lipinski definition) is 4. The van der Waals surface area contributed by atoms with Crippen LogP contribution in [0, 0.1) is 0 Å². The minimum atomic E-state index is -0.188. The quantitative estimate of drug-likeness (QED) is 0.669. The number of aromatic hydroxyl groups is 1. The van der Waals surface area contributed by atoms with Gasteiger partial charge in [-0.3, -0.25) is 4.79 Å². The number of nitrogens with zero attached hydrogens (tertiary/aromatic N) is 2. The Bertz CT molecular complexity index is 838. The van der Waals surface area contributed by atoms with E-state index in [1.807, 2.05) is 29.6 Å². The number of thiazole rings is 1. The van der Waals surface area contributed by atoms with Crippen molar-refractivity contribution in [3.63, 3.8) is 0 Å². The van der Waals surface area contributed by atoms with Crippen LogP contribution in [0.1, 0.15) is 28.5 Å². The molecule has 3 rings (SSSR count). The number of halogens is 1. The van der Waals surface area contributed by atoms with E-state index in [0.717, 1.165) is 16.1 Å². The summed E-state index contributed by atoms with van der Waals surface area (Å²) in [4.78, 5) is 18.7. The Labute approximate surface area is 161 Å². The maximum absolute atomic E-state index is 12.8. The fourth-order valence-corrected chi connectivity index (χ4v) is 3.71. The molecule has 1 aromatic heterocycles. The highest BCUT2D eigenvalue weighted by molar-refractivity contribution is 7.09. The van der Waals surface area contributed by atoms with Crippen molar-refractivity contribution in [3.05, 3.63) is 81.3 Å². The van der Waals surface area contributed by atoms with Crippen molar-refractivity contribution in [3.8, 4) is 5.75 Å². The smallest absolute Gasteiger partial charge is 0.223 e. The number of phenolic OH excluding ortho intramolecular Hbond substituents is 1. The first kappa shape index (κ1) is 18.4. The summed E-state index contributed by atoms with van der Waals surface area (Å²) in [6.07, 6.45) is 2.02. The number of benzene rings is 2. The van der Waals surface area contributed by atoms with E-state index < -0.39 is 0 Å². The number of hydrogen-bond donors (Lipinski definition) is 1. The SMILES string of the molecule is CN(Cc1nccs1)C(=O)C[C@H](c1cccc(O)c1)c1cccc(Cl)c1. The summed E-state index contributed by atoms with van der Waals surface area (Å²) in [5.74, 6) is -0.00122. The lowest BCUT2D eigenvalue weighted by Crippen LogP contribution is -2.27. The van der Waals surface area contributed by atoms with Crippen molar-refractivity contribution in [2.24, 2.45) is 0 Å². The molecule has 0 unspecified atom stereocenters. The third-order valence-electron chi connectivity index (χ3n) is 4.18. The van der Waals surface area contributed by atoms with Gasteiger partial charge in [0, 0.05) is 36.0 Å². The van der Waals surface area contributed by atoms with Crippen molar-refractivity contribution in [1.82, 2.24) is 9.88 Å². The van der Waals surface area contributed by atoms with Crippen LogP contribution >= 0.6 is 22.9 Å². The third-order valence-corrected chi connectivity index (χ3v) is 5.18. The lowest BCUT2D eigenvalue weighted by Gasteiger charge is -2.22. The number of carbonyl (C=O) groups excluding carboxylic acids is 1. The largest absolute Gasteiger partial charge is 0.508 e. The Morgan fingerprint density at radius 3 is 2.62 bits per heavy atom. The first-order valence-electron chi connectivity index (χ1n) is 8.19. The van der Waals surface area contributed by atoms with E-state index in [2.05, 4.69) is 4.98 Å². The van der Waals surface area contributed by atoms with E-state index >= 15 is 0 Å². The first-order valence-corrected chi connectivity index (χ1v) is 9.45. The van der Waals surface area contributed by atoms with Gasteiger partial charge in [0.2, 0.25) is 5.91 Å². The predicted molar refractivity (Wildman–Crippen MR) is 105 cm³/mol. The number of amides is 1. The van der Waals surface area contributed by atoms with Gasteiger partial charge in [-0.25, -0.2) is 4.98 Å². The zero-order valence-corrected chi connectivity index (χ0v) is 15.9. The van der Waals surface area contributed by atoms with Crippen LogP contribution in [-0.2, 0) is 11.3 Å². The minimum absolute atomic E-state index is 0.00789. The van der Waals surface area contributed by atoms with Gasteiger partial charge in [0.05, 0.1) is 6.54 Å². The second-order valence-corrected chi connectivity index (χ2v) is 7.50. The van der Waals surface area contributed by atoms with Crippen LogP contribution in [0.4, 0.5) is 0 Å². The van der Waals surface area contributed by atoms with E-state index in [4.69, 9.17) is 11.6 Å². The second kappa shape index (κ2) is 8.34. The van der Waals surface area contributed by atoms with E-state index in [0.29, 0.717) is 11.6 Å². The van der Waals surface area contributed by atoms with E-state index in [9.17, 15) is 9.90 Å². The van der Waals surface area contributed by atoms with Gasteiger partial charge in [-0.2, -0.15) is 0 Å². The summed E-state index contributed by atoms with van der Waals surface area (Å²) < 4.78 is 0. The molecule has 1 heterocycles. The monoisotopic (exact) mass is 386 g/mol. The molecular weight excluding hydrogens is 368 g/mol. The minimum Gasteiger partial charge on any atom is -0.508 e. The van der Waals surface area contributed by atoms with E-state index in [-0.39, 0.29) is 24.0 Å². The van der Waals surface area contributed by atoms with Gasteiger partial charge in [0.1, 0.15) is 10.8 Å². The van der Waals surface area contributed by atoms with Gasteiger partial charge in [-0.1, -0.05) is 35.9 Å². The van der Waals surface area contributed by atoms with E-state index in [1.165, 1.54) is 11.3 Å². The average Bonchev–Trinajstić information content (AvgIpc) is 3.12. The summed E-state index contributed by atoms with van der Waals surface area (Å²) in [6.45, 7) is 0.485. The van der Waals surface area contributed by atoms with Crippen LogP contribution in [0.2, 0.25) is 5.02 Å². The summed E-state index contributed by atoms with van der Waals surface area (Å²) in [5.41, 5.74) is 1.82. The topological polar surface area (TPSA) is 53.4 Å². The Kier molecular flexibility index (Phi) is 5.91. The lowest BCUT2D eigenvalue weighted by molar-refractivity contribution is -0.130. The Morgan fingerprint density at radius 1 is 1.23 bits per heavy atom. The molecule has 6 heteroatoms. The number of carbonyl (C=O) groups is 1. The van der Waals surface area contributed by atoms with Gasteiger partial charge < -0.3 is 10.0 Å². The predicted octanol–water partition coefficient (Wildman–Crippen LogP) is 4.68. The molecule has 2 aromatic carbocycles. The fourth-order valence-electron chi connectivity index (χ4n) is 2.85. The molecule has 1 atom stereocenters. The average molecular weight is 387 g/mol. The summed E-state index contributed by atoms with van der Waals surface area (Å²) in [6, 6.07) is 14.5. The molecule has 1 amide bonds. The molecule has 0 radical (unpaired) electrons. The molecule has 0 saturated carbocycles. The summed E-state index contributed by atoms with van der Waals surface area (Å²) in [5, 5.41) is 13.3. The highest BCUT2D eigenvalue weighted by Crippen LogP contribution is 2.32. The molecule has 0 saturated heterocycles. The van der Waals surface area contributed by atoms with Crippen LogP contribution < -0.4 is 0 Å². The van der Waals surface area contributed by atoms with Gasteiger partial charge in [0.25, 0.3) is 0 Å². The van der Waals surface area contributed by atoms with Crippen molar-refractivity contribution >= 4 is 28.8 Å². The molecule has 0 aliphatic carbocycles. The molecule has 0 spiro atoms. The van der Waals surface area contributed by atoms with Crippen molar-refractivity contribution in [1.29, 1.82) is 0 Å². The third kappa shape index (κ3) is 4.62. The molecule has 4 nitrogen and oxygen atoms in total. The van der Waals surface area contributed by atoms with Gasteiger partial charge >= 0.3 is 0 Å².